The van der Waals surface area contributed by atoms with E-state index >= 15 is 0 Å². The summed E-state index contributed by atoms with van der Waals surface area (Å²) in [4.78, 5) is 15.2. The van der Waals surface area contributed by atoms with Crippen molar-refractivity contribution in [2.24, 2.45) is 5.92 Å². The highest BCUT2D eigenvalue weighted by molar-refractivity contribution is 6.30. The van der Waals surface area contributed by atoms with Gasteiger partial charge in [-0.25, -0.2) is 0 Å². The van der Waals surface area contributed by atoms with Gasteiger partial charge in [0.1, 0.15) is 0 Å². The Balaban J connectivity index is 1.49. The van der Waals surface area contributed by atoms with E-state index in [0.717, 1.165) is 50.3 Å². The fraction of sp³-hybridized carbons (Fsp3) is 0.667. The smallest absolute Gasteiger partial charge is 0.224 e. The lowest BCUT2D eigenvalue weighted by molar-refractivity contribution is -0.127. The van der Waals surface area contributed by atoms with Crippen LogP contribution in [0.5, 0.6) is 0 Å². The molecular formula is C21H31ClN2O. The summed E-state index contributed by atoms with van der Waals surface area (Å²) in [6, 6.07) is 8.46. The van der Waals surface area contributed by atoms with E-state index in [0.29, 0.717) is 6.04 Å². The van der Waals surface area contributed by atoms with Crippen molar-refractivity contribution >= 4 is 17.5 Å². The maximum absolute atomic E-state index is 12.8. The molecule has 1 heterocycles. The fourth-order valence-electron chi connectivity index (χ4n) is 4.18. The van der Waals surface area contributed by atoms with E-state index < -0.39 is 0 Å². The van der Waals surface area contributed by atoms with Crippen molar-refractivity contribution in [1.82, 2.24) is 10.2 Å². The Bertz CT molecular complexity index is 537. The first-order valence-electron chi connectivity index (χ1n) is 9.98. The molecule has 2 fully saturated rings. The Morgan fingerprint density at radius 1 is 1.00 bits per heavy atom. The van der Waals surface area contributed by atoms with Crippen LogP contribution in [0, 0.1) is 5.92 Å². The highest BCUT2D eigenvalue weighted by Crippen LogP contribution is 2.22. The normalized spacial score (nSPS) is 23.6. The standard InChI is InChI=1S/C21H31ClN2O/c22-19-12-10-17(11-13-19)15-24-14-6-7-18(16-24)21(25)23-20-8-4-2-1-3-5-9-20/h10-13,18,20H,1-9,14-16H2,(H,23,25). The minimum atomic E-state index is 0.145. The predicted octanol–water partition coefficient (Wildman–Crippen LogP) is 4.78. The van der Waals surface area contributed by atoms with Crippen LogP contribution in [0.15, 0.2) is 24.3 Å². The number of rotatable bonds is 4. The van der Waals surface area contributed by atoms with Gasteiger partial charge >= 0.3 is 0 Å². The molecule has 1 atom stereocenters. The number of likely N-dealkylation sites (tertiary alicyclic amines) is 1. The number of hydrogen-bond donors (Lipinski definition) is 1. The van der Waals surface area contributed by atoms with Crippen molar-refractivity contribution in [2.75, 3.05) is 13.1 Å². The van der Waals surface area contributed by atoms with Gasteiger partial charge in [-0.15, -0.1) is 0 Å². The third kappa shape index (κ3) is 6.00. The minimum Gasteiger partial charge on any atom is -0.353 e. The molecule has 1 aromatic rings. The lowest BCUT2D eigenvalue weighted by atomic mass is 9.93. The number of carbonyl (C=O) groups is 1. The van der Waals surface area contributed by atoms with Crippen molar-refractivity contribution in [3.8, 4) is 0 Å². The van der Waals surface area contributed by atoms with Crippen molar-refractivity contribution in [2.45, 2.75) is 70.4 Å². The molecule has 3 rings (SSSR count). The van der Waals surface area contributed by atoms with E-state index in [2.05, 4.69) is 22.3 Å². The summed E-state index contributed by atoms with van der Waals surface area (Å²) in [5.41, 5.74) is 1.27. The van der Waals surface area contributed by atoms with Crippen LogP contribution in [0.3, 0.4) is 0 Å². The van der Waals surface area contributed by atoms with Gasteiger partial charge in [-0.3, -0.25) is 9.69 Å². The number of carbonyl (C=O) groups excluding carboxylic acids is 1. The summed E-state index contributed by atoms with van der Waals surface area (Å²) in [6.45, 7) is 2.86. The lowest BCUT2D eigenvalue weighted by Gasteiger charge is -2.33. The van der Waals surface area contributed by atoms with Crippen LogP contribution >= 0.6 is 11.6 Å². The molecule has 1 amide bonds. The van der Waals surface area contributed by atoms with Crippen molar-refractivity contribution in [3.63, 3.8) is 0 Å². The number of amides is 1. The van der Waals surface area contributed by atoms with Gasteiger partial charge in [0.2, 0.25) is 5.91 Å². The third-order valence-corrected chi connectivity index (χ3v) is 5.90. The summed E-state index contributed by atoms with van der Waals surface area (Å²) in [7, 11) is 0. The first-order chi connectivity index (χ1) is 12.2. The Labute approximate surface area is 157 Å². The number of benzene rings is 1. The zero-order valence-corrected chi connectivity index (χ0v) is 15.9. The zero-order valence-electron chi connectivity index (χ0n) is 15.2. The lowest BCUT2D eigenvalue weighted by Crippen LogP contribution is -2.45. The number of halogens is 1. The van der Waals surface area contributed by atoms with Crippen LogP contribution in [0.25, 0.3) is 0 Å². The second kappa shape index (κ2) is 9.59. The molecule has 2 aliphatic rings. The first kappa shape index (κ1) is 18.7. The molecule has 0 spiro atoms. The van der Waals surface area contributed by atoms with Crippen molar-refractivity contribution in [3.05, 3.63) is 34.9 Å². The van der Waals surface area contributed by atoms with E-state index in [1.54, 1.807) is 0 Å². The monoisotopic (exact) mass is 362 g/mol. The van der Waals surface area contributed by atoms with Gasteiger partial charge in [0, 0.05) is 24.2 Å². The minimum absolute atomic E-state index is 0.145. The van der Waals surface area contributed by atoms with Crippen LogP contribution in [0.2, 0.25) is 5.02 Å². The maximum Gasteiger partial charge on any atom is 0.224 e. The van der Waals surface area contributed by atoms with Gasteiger partial charge in [-0.1, -0.05) is 55.8 Å². The van der Waals surface area contributed by atoms with Gasteiger partial charge in [-0.2, -0.15) is 0 Å². The molecular weight excluding hydrogens is 332 g/mol. The second-order valence-corrected chi connectivity index (χ2v) is 8.19. The molecule has 4 heteroatoms. The molecule has 1 aliphatic heterocycles. The van der Waals surface area contributed by atoms with Gasteiger partial charge in [0.15, 0.2) is 0 Å². The molecule has 0 radical (unpaired) electrons. The molecule has 3 nitrogen and oxygen atoms in total. The second-order valence-electron chi connectivity index (χ2n) is 7.75. The first-order valence-corrected chi connectivity index (χ1v) is 10.4. The molecule has 1 unspecified atom stereocenters. The van der Waals surface area contributed by atoms with E-state index in [-0.39, 0.29) is 11.8 Å². The predicted molar refractivity (Wildman–Crippen MR) is 104 cm³/mol. The number of nitrogens with zero attached hydrogens (tertiary/aromatic N) is 1. The molecule has 0 aromatic heterocycles. The van der Waals surface area contributed by atoms with Gasteiger partial charge in [0.25, 0.3) is 0 Å². The summed E-state index contributed by atoms with van der Waals surface area (Å²) in [6.07, 6.45) is 11.0. The van der Waals surface area contributed by atoms with Gasteiger partial charge in [-0.05, 0) is 49.9 Å². The number of hydrogen-bond acceptors (Lipinski definition) is 2. The zero-order chi connectivity index (χ0) is 17.5. The number of nitrogens with one attached hydrogen (secondary N) is 1. The van der Waals surface area contributed by atoms with Crippen LogP contribution < -0.4 is 5.32 Å². The highest BCUT2D eigenvalue weighted by Gasteiger charge is 2.27. The summed E-state index contributed by atoms with van der Waals surface area (Å²) >= 11 is 5.97. The topological polar surface area (TPSA) is 32.3 Å². The van der Waals surface area contributed by atoms with Gasteiger partial charge < -0.3 is 5.32 Å². The molecule has 1 N–H and O–H groups in total. The van der Waals surface area contributed by atoms with E-state index in [1.807, 2.05) is 12.1 Å². The fourth-order valence-corrected chi connectivity index (χ4v) is 4.31. The Kier molecular flexibility index (Phi) is 7.18. The Morgan fingerprint density at radius 3 is 2.40 bits per heavy atom. The molecule has 25 heavy (non-hydrogen) atoms. The maximum atomic E-state index is 12.8. The molecule has 138 valence electrons. The number of piperidine rings is 1. The van der Waals surface area contributed by atoms with Crippen LogP contribution in [0.1, 0.15) is 63.4 Å². The van der Waals surface area contributed by atoms with E-state index in [1.165, 1.54) is 37.7 Å². The average Bonchev–Trinajstić information content (AvgIpc) is 2.59. The van der Waals surface area contributed by atoms with Crippen molar-refractivity contribution < 1.29 is 4.79 Å². The van der Waals surface area contributed by atoms with Crippen LogP contribution in [-0.4, -0.2) is 29.9 Å². The van der Waals surface area contributed by atoms with Crippen molar-refractivity contribution in [1.29, 1.82) is 0 Å². The largest absolute Gasteiger partial charge is 0.353 e. The molecule has 0 bridgehead atoms. The molecule has 1 saturated carbocycles. The average molecular weight is 363 g/mol. The van der Waals surface area contributed by atoms with E-state index in [9.17, 15) is 4.79 Å². The van der Waals surface area contributed by atoms with Crippen LogP contribution in [-0.2, 0) is 11.3 Å². The molecule has 1 aliphatic carbocycles. The SMILES string of the molecule is O=C(NC1CCCCCCC1)C1CCCN(Cc2ccc(Cl)cc2)C1. The summed E-state index contributed by atoms with van der Waals surface area (Å²) < 4.78 is 0. The highest BCUT2D eigenvalue weighted by atomic mass is 35.5. The molecule has 1 saturated heterocycles. The molecule has 1 aromatic carbocycles. The summed E-state index contributed by atoms with van der Waals surface area (Å²) in [5, 5.41) is 4.14. The van der Waals surface area contributed by atoms with Gasteiger partial charge in [0.05, 0.1) is 5.92 Å². The Morgan fingerprint density at radius 2 is 1.68 bits per heavy atom. The Hall–Kier alpha value is -1.06. The van der Waals surface area contributed by atoms with Crippen LogP contribution in [0.4, 0.5) is 0 Å². The third-order valence-electron chi connectivity index (χ3n) is 5.65. The summed E-state index contributed by atoms with van der Waals surface area (Å²) in [5.74, 6) is 0.429. The quantitative estimate of drug-likeness (QED) is 0.835. The van der Waals surface area contributed by atoms with E-state index in [4.69, 9.17) is 11.6 Å².